The van der Waals surface area contributed by atoms with Gasteiger partial charge in [-0.1, -0.05) is 18.2 Å². The summed E-state index contributed by atoms with van der Waals surface area (Å²) in [6, 6.07) is 8.77. The van der Waals surface area contributed by atoms with E-state index in [-0.39, 0.29) is 11.0 Å². The molecule has 1 aliphatic rings. The van der Waals surface area contributed by atoms with Gasteiger partial charge in [-0.2, -0.15) is 0 Å². The number of amides is 1. The fourth-order valence-electron chi connectivity index (χ4n) is 3.78. The minimum Gasteiger partial charge on any atom is -0.444 e. The average Bonchev–Trinajstić information content (AvgIpc) is 3.21. The van der Waals surface area contributed by atoms with Crippen molar-refractivity contribution in [1.82, 2.24) is 19.6 Å². The summed E-state index contributed by atoms with van der Waals surface area (Å²) in [5, 5.41) is 0.983. The van der Waals surface area contributed by atoms with E-state index in [0.29, 0.717) is 19.5 Å². The quantitative estimate of drug-likeness (QED) is 0.598. The lowest BCUT2D eigenvalue weighted by atomic mass is 9.98. The van der Waals surface area contributed by atoms with Crippen molar-refractivity contribution in [1.29, 1.82) is 0 Å². The third-order valence-electron chi connectivity index (χ3n) is 5.50. The number of sulfonamides is 1. The van der Waals surface area contributed by atoms with Gasteiger partial charge in [0.15, 0.2) is 0 Å². The van der Waals surface area contributed by atoms with Crippen LogP contribution >= 0.6 is 0 Å². The van der Waals surface area contributed by atoms with Crippen LogP contribution in [0.1, 0.15) is 32.8 Å². The Bertz CT molecular complexity index is 1320. The van der Waals surface area contributed by atoms with Gasteiger partial charge in [0.1, 0.15) is 11.2 Å². The largest absolute Gasteiger partial charge is 0.444 e. The van der Waals surface area contributed by atoms with E-state index < -0.39 is 15.6 Å². The standard InChI is InChI=1S/C24H28N4O4S/c1-24(2,3)32-23(29)28-11-9-17(10-12-28)21-15-27-22-20(21)13-18(14-26-22)16-5-7-19(8-6-16)33(30,31)25-4/h5-9,13-15,25H,10-12H2,1-4H3,(H,26,27). The van der Waals surface area contributed by atoms with E-state index in [2.05, 4.69) is 26.8 Å². The fraction of sp³-hybridized carbons (Fsp3) is 0.333. The molecule has 9 heteroatoms. The molecular formula is C24H28N4O4S. The summed E-state index contributed by atoms with van der Waals surface area (Å²) in [7, 11) is -2.09. The van der Waals surface area contributed by atoms with Crippen molar-refractivity contribution in [2.75, 3.05) is 20.1 Å². The number of aromatic nitrogens is 2. The molecule has 2 aromatic heterocycles. The molecule has 33 heavy (non-hydrogen) atoms. The molecule has 8 nitrogen and oxygen atoms in total. The van der Waals surface area contributed by atoms with E-state index in [4.69, 9.17) is 4.74 Å². The molecule has 1 aromatic carbocycles. The second-order valence-electron chi connectivity index (χ2n) is 8.96. The Morgan fingerprint density at radius 1 is 1.18 bits per heavy atom. The second kappa shape index (κ2) is 8.64. The number of carbonyl (C=O) groups excluding carboxylic acids is 1. The minimum absolute atomic E-state index is 0.215. The predicted molar refractivity (Wildman–Crippen MR) is 128 cm³/mol. The first kappa shape index (κ1) is 23.0. The van der Waals surface area contributed by atoms with Crippen LogP contribution in [0.15, 0.2) is 53.7 Å². The van der Waals surface area contributed by atoms with Gasteiger partial charge in [-0.05, 0) is 63.6 Å². The topological polar surface area (TPSA) is 104 Å². The van der Waals surface area contributed by atoms with Crippen molar-refractivity contribution in [3.63, 3.8) is 0 Å². The number of nitrogens with one attached hydrogen (secondary N) is 2. The number of nitrogens with zero attached hydrogens (tertiary/aromatic N) is 2. The number of aromatic amines is 1. The van der Waals surface area contributed by atoms with Crippen LogP contribution in [-0.4, -0.2) is 55.1 Å². The number of pyridine rings is 1. The van der Waals surface area contributed by atoms with Crippen LogP contribution < -0.4 is 4.72 Å². The first-order chi connectivity index (χ1) is 15.6. The van der Waals surface area contributed by atoms with Crippen molar-refractivity contribution in [3.05, 3.63) is 54.4 Å². The highest BCUT2D eigenvalue weighted by molar-refractivity contribution is 7.89. The zero-order chi connectivity index (χ0) is 23.8. The Balaban J connectivity index is 1.59. The lowest BCUT2D eigenvalue weighted by Gasteiger charge is -2.29. The highest BCUT2D eigenvalue weighted by Gasteiger charge is 2.24. The van der Waals surface area contributed by atoms with Crippen LogP contribution in [0.25, 0.3) is 27.7 Å². The minimum atomic E-state index is -3.48. The molecule has 0 unspecified atom stereocenters. The first-order valence-corrected chi connectivity index (χ1v) is 12.2. The summed E-state index contributed by atoms with van der Waals surface area (Å²) < 4.78 is 31.7. The summed E-state index contributed by atoms with van der Waals surface area (Å²) >= 11 is 0. The number of fused-ring (bicyclic) bond motifs is 1. The maximum Gasteiger partial charge on any atom is 0.410 e. The van der Waals surface area contributed by atoms with Crippen molar-refractivity contribution in [2.24, 2.45) is 0 Å². The molecule has 0 saturated heterocycles. The molecule has 4 rings (SSSR count). The molecule has 0 bridgehead atoms. The van der Waals surface area contributed by atoms with Gasteiger partial charge >= 0.3 is 6.09 Å². The third-order valence-corrected chi connectivity index (χ3v) is 6.93. The number of ether oxygens (including phenoxy) is 1. The van der Waals surface area contributed by atoms with Crippen LogP contribution in [0, 0.1) is 0 Å². The van der Waals surface area contributed by atoms with E-state index in [1.54, 1.807) is 35.4 Å². The van der Waals surface area contributed by atoms with Gasteiger partial charge in [-0.25, -0.2) is 22.9 Å². The van der Waals surface area contributed by atoms with Crippen LogP contribution in [0.2, 0.25) is 0 Å². The SMILES string of the molecule is CNS(=O)(=O)c1ccc(-c2cnc3[nH]cc(C4=CCN(C(=O)OC(C)(C)C)CC4)c3c2)cc1. The molecule has 0 radical (unpaired) electrons. The maximum absolute atomic E-state index is 12.3. The summed E-state index contributed by atoms with van der Waals surface area (Å²) in [5.41, 5.74) is 4.23. The number of carbonyl (C=O) groups is 1. The third kappa shape index (κ3) is 4.94. The molecule has 0 saturated carbocycles. The lowest BCUT2D eigenvalue weighted by molar-refractivity contribution is 0.0270. The van der Waals surface area contributed by atoms with Gasteiger partial charge in [0.25, 0.3) is 0 Å². The van der Waals surface area contributed by atoms with E-state index in [0.717, 1.165) is 33.3 Å². The highest BCUT2D eigenvalue weighted by atomic mass is 32.2. The smallest absolute Gasteiger partial charge is 0.410 e. The molecule has 0 aliphatic carbocycles. The van der Waals surface area contributed by atoms with Gasteiger partial charge in [-0.15, -0.1) is 0 Å². The Labute approximate surface area is 193 Å². The Hall–Kier alpha value is -3.17. The molecular weight excluding hydrogens is 440 g/mol. The van der Waals surface area contributed by atoms with Crippen molar-refractivity contribution >= 4 is 32.7 Å². The predicted octanol–water partition coefficient (Wildman–Crippen LogP) is 4.16. The van der Waals surface area contributed by atoms with E-state index >= 15 is 0 Å². The van der Waals surface area contributed by atoms with Gasteiger partial charge in [0.05, 0.1) is 4.90 Å². The summed E-state index contributed by atoms with van der Waals surface area (Å²) in [6.07, 6.45) is 6.18. The maximum atomic E-state index is 12.3. The summed E-state index contributed by atoms with van der Waals surface area (Å²) in [5.74, 6) is 0. The Kier molecular flexibility index (Phi) is 6.02. The number of benzene rings is 1. The Morgan fingerprint density at radius 3 is 2.52 bits per heavy atom. The molecule has 0 spiro atoms. The normalized spacial score (nSPS) is 14.9. The van der Waals surface area contributed by atoms with Crippen LogP contribution in [0.3, 0.4) is 0 Å². The zero-order valence-electron chi connectivity index (χ0n) is 19.2. The lowest BCUT2D eigenvalue weighted by Crippen LogP contribution is -2.39. The molecule has 1 amide bonds. The summed E-state index contributed by atoms with van der Waals surface area (Å²) in [6.45, 7) is 6.66. The van der Waals surface area contributed by atoms with E-state index in [1.165, 1.54) is 7.05 Å². The number of rotatable bonds is 4. The van der Waals surface area contributed by atoms with Crippen LogP contribution in [-0.2, 0) is 14.8 Å². The molecule has 3 heterocycles. The Morgan fingerprint density at radius 2 is 1.91 bits per heavy atom. The van der Waals surface area contributed by atoms with Gasteiger partial charge in [0.2, 0.25) is 10.0 Å². The van der Waals surface area contributed by atoms with E-state index in [9.17, 15) is 13.2 Å². The molecule has 0 fully saturated rings. The highest BCUT2D eigenvalue weighted by Crippen LogP contribution is 2.32. The second-order valence-corrected chi connectivity index (χ2v) is 10.8. The van der Waals surface area contributed by atoms with Crippen molar-refractivity contribution < 1.29 is 17.9 Å². The molecule has 0 atom stereocenters. The number of hydrogen-bond donors (Lipinski definition) is 2. The number of hydrogen-bond acceptors (Lipinski definition) is 5. The average molecular weight is 469 g/mol. The van der Waals surface area contributed by atoms with E-state index in [1.807, 2.05) is 27.0 Å². The number of H-pyrrole nitrogens is 1. The van der Waals surface area contributed by atoms with Crippen molar-refractivity contribution in [2.45, 2.75) is 37.7 Å². The fourth-order valence-corrected chi connectivity index (χ4v) is 4.51. The first-order valence-electron chi connectivity index (χ1n) is 10.8. The van der Waals surface area contributed by atoms with Crippen molar-refractivity contribution in [3.8, 4) is 11.1 Å². The summed E-state index contributed by atoms with van der Waals surface area (Å²) in [4.78, 5) is 22.0. The molecule has 2 N–H and O–H groups in total. The monoisotopic (exact) mass is 468 g/mol. The van der Waals surface area contributed by atoms with Gasteiger partial charge < -0.3 is 14.6 Å². The zero-order valence-corrected chi connectivity index (χ0v) is 20.0. The van der Waals surface area contributed by atoms with Crippen LogP contribution in [0.4, 0.5) is 4.79 Å². The van der Waals surface area contributed by atoms with Gasteiger partial charge in [-0.3, -0.25) is 0 Å². The van der Waals surface area contributed by atoms with Gasteiger partial charge in [0, 0.05) is 42.0 Å². The molecule has 174 valence electrons. The van der Waals surface area contributed by atoms with Crippen LogP contribution in [0.5, 0.6) is 0 Å². The molecule has 3 aromatic rings. The molecule has 1 aliphatic heterocycles.